The number of nitrogens with one attached hydrogen (secondary N) is 1. The molecule has 3 aliphatic rings. The van der Waals surface area contributed by atoms with E-state index in [0.717, 1.165) is 0 Å². The average molecular weight is 527 g/mol. The first-order chi connectivity index (χ1) is 17.7. The Morgan fingerprint density at radius 3 is 2.78 bits per heavy atom. The van der Waals surface area contributed by atoms with Crippen molar-refractivity contribution in [2.24, 2.45) is 17.0 Å². The molecular weight excluding hydrogens is 499 g/mol. The molecule has 0 bridgehead atoms. The highest BCUT2D eigenvalue weighted by Crippen LogP contribution is 2.41. The van der Waals surface area contributed by atoms with E-state index in [-0.39, 0.29) is 30.3 Å². The second-order valence-electron chi connectivity index (χ2n) is 9.08. The van der Waals surface area contributed by atoms with E-state index in [9.17, 15) is 17.6 Å². The van der Waals surface area contributed by atoms with Crippen LogP contribution in [0.4, 0.5) is 4.39 Å². The number of hydrogen-bond donors (Lipinski definition) is 1. The second-order valence-corrected chi connectivity index (χ2v) is 10.8. The van der Waals surface area contributed by atoms with Gasteiger partial charge in [0.25, 0.3) is 0 Å². The lowest BCUT2D eigenvalue weighted by molar-refractivity contribution is -0.139. The number of carbonyl (C=O) groups is 1. The van der Waals surface area contributed by atoms with Gasteiger partial charge >= 0.3 is 5.97 Å². The van der Waals surface area contributed by atoms with E-state index in [0.29, 0.717) is 40.4 Å². The number of aryl methyl sites for hydroxylation is 2. The molecule has 0 saturated carbocycles. The first-order valence-electron chi connectivity index (χ1n) is 11.9. The molecule has 1 saturated heterocycles. The normalized spacial score (nSPS) is 21.2. The number of sulfonamides is 1. The Morgan fingerprint density at radius 2 is 2.14 bits per heavy atom. The molecule has 2 aromatic rings. The third-order valence-corrected chi connectivity index (χ3v) is 7.98. The minimum Gasteiger partial charge on any atom is -0.463 e. The summed E-state index contributed by atoms with van der Waals surface area (Å²) in [5.41, 5.74) is 2.95. The maximum atomic E-state index is 13.9. The molecule has 12 heteroatoms. The number of aliphatic imine (C=N–C) groups is 2. The fourth-order valence-electron chi connectivity index (χ4n) is 4.87. The van der Waals surface area contributed by atoms with Crippen molar-refractivity contribution < 1.29 is 22.3 Å². The number of benzene rings is 1. The lowest BCUT2D eigenvalue weighted by Gasteiger charge is -2.32. The summed E-state index contributed by atoms with van der Waals surface area (Å²) in [5.74, 6) is -0.366. The monoisotopic (exact) mass is 526 g/mol. The van der Waals surface area contributed by atoms with Gasteiger partial charge in [-0.25, -0.2) is 22.3 Å². The molecular formula is C25H27FN6O4S. The van der Waals surface area contributed by atoms with Crippen LogP contribution in [0.3, 0.4) is 0 Å². The van der Waals surface area contributed by atoms with Gasteiger partial charge in [-0.15, -0.1) is 0 Å². The Balaban J connectivity index is 1.59. The quantitative estimate of drug-likeness (QED) is 0.554. The van der Waals surface area contributed by atoms with Gasteiger partial charge in [0.2, 0.25) is 10.0 Å². The lowest BCUT2D eigenvalue weighted by atomic mass is 9.91. The number of hydrogen-bond acceptors (Lipinski definition) is 8. The summed E-state index contributed by atoms with van der Waals surface area (Å²) in [4.78, 5) is 24.6. The molecule has 4 heterocycles. The number of allylic oxidation sites excluding steroid dienone is 1. The molecule has 3 aliphatic heterocycles. The molecule has 0 radical (unpaired) electrons. The number of carbonyl (C=O) groups excluding carboxylic acids is 1. The predicted octanol–water partition coefficient (Wildman–Crippen LogP) is 2.55. The van der Waals surface area contributed by atoms with Crippen LogP contribution in [0.1, 0.15) is 36.9 Å². The topological polar surface area (TPSA) is 118 Å². The van der Waals surface area contributed by atoms with Crippen molar-refractivity contribution in [3.63, 3.8) is 0 Å². The summed E-state index contributed by atoms with van der Waals surface area (Å²) in [7, 11) is -2.21. The molecule has 1 aromatic heterocycles. The van der Waals surface area contributed by atoms with E-state index in [2.05, 4.69) is 14.8 Å². The molecule has 1 aromatic carbocycles. The molecule has 0 spiro atoms. The Hall–Kier alpha value is -3.64. The summed E-state index contributed by atoms with van der Waals surface area (Å²) in [6, 6.07) is 3.07. The number of aromatic nitrogens is 2. The number of ether oxygens (including phenoxy) is 1. The fourth-order valence-corrected chi connectivity index (χ4v) is 6.08. The predicted molar refractivity (Wildman–Crippen MR) is 135 cm³/mol. The number of nitrogens with zero attached hydrogens (tertiary/aromatic N) is 5. The molecule has 0 aliphatic carbocycles. The molecule has 1 fully saturated rings. The number of esters is 1. The number of halogens is 1. The van der Waals surface area contributed by atoms with Crippen molar-refractivity contribution in [2.75, 3.05) is 13.2 Å². The standard InChI is InChI=1S/C25H27FN6O4S/c1-4-36-25(33)22-21-11-17(30-37(34,35)18-12-28-31(3)14-18)13-32(21)24(20-6-5-9-27-20)29-23(22)19-8-7-16(26)10-15(19)2/h5,7-10,12,14,17,23,30H,4,6,11,13H2,1-3H3/t17-,23-/m0/s1. The molecule has 0 amide bonds. The van der Waals surface area contributed by atoms with Crippen LogP contribution in [0.2, 0.25) is 0 Å². The zero-order chi connectivity index (χ0) is 26.3. The van der Waals surface area contributed by atoms with E-state index in [4.69, 9.17) is 9.73 Å². The van der Waals surface area contributed by atoms with Crippen molar-refractivity contribution in [3.8, 4) is 0 Å². The van der Waals surface area contributed by atoms with E-state index in [1.807, 2.05) is 11.0 Å². The van der Waals surface area contributed by atoms with Gasteiger partial charge in [0, 0.05) is 50.6 Å². The lowest BCUT2D eigenvalue weighted by Crippen LogP contribution is -2.42. The van der Waals surface area contributed by atoms with Gasteiger partial charge in [0.15, 0.2) is 5.84 Å². The molecule has 0 unspecified atom stereocenters. The fraction of sp³-hybridized carbons (Fsp3) is 0.360. The molecule has 2 atom stereocenters. The summed E-state index contributed by atoms with van der Waals surface area (Å²) < 4.78 is 49.6. The van der Waals surface area contributed by atoms with Crippen molar-refractivity contribution >= 4 is 27.5 Å². The Morgan fingerprint density at radius 1 is 1.32 bits per heavy atom. The minimum absolute atomic E-state index is 0.0533. The van der Waals surface area contributed by atoms with Gasteiger partial charge in [-0.2, -0.15) is 5.10 Å². The van der Waals surface area contributed by atoms with Gasteiger partial charge in [0.05, 0.1) is 24.1 Å². The van der Waals surface area contributed by atoms with Crippen molar-refractivity contribution in [1.82, 2.24) is 19.4 Å². The largest absolute Gasteiger partial charge is 0.463 e. The van der Waals surface area contributed by atoms with Gasteiger partial charge in [-0.3, -0.25) is 14.7 Å². The maximum Gasteiger partial charge on any atom is 0.338 e. The van der Waals surface area contributed by atoms with Gasteiger partial charge in [-0.1, -0.05) is 12.1 Å². The first kappa shape index (κ1) is 25.0. The zero-order valence-electron chi connectivity index (χ0n) is 20.7. The van der Waals surface area contributed by atoms with Crippen LogP contribution in [-0.4, -0.2) is 59.8 Å². The zero-order valence-corrected chi connectivity index (χ0v) is 21.5. The van der Waals surface area contributed by atoms with E-state index in [1.54, 1.807) is 33.2 Å². The third kappa shape index (κ3) is 4.74. The van der Waals surface area contributed by atoms with E-state index < -0.39 is 28.1 Å². The van der Waals surface area contributed by atoms with Crippen molar-refractivity contribution in [3.05, 3.63) is 71.1 Å². The van der Waals surface area contributed by atoms with Gasteiger partial charge < -0.3 is 9.64 Å². The number of rotatable bonds is 7. The van der Waals surface area contributed by atoms with Crippen LogP contribution in [-0.2, 0) is 26.6 Å². The average Bonchev–Trinajstić information content (AvgIpc) is 3.59. The van der Waals surface area contributed by atoms with Crippen LogP contribution in [0.25, 0.3) is 0 Å². The summed E-state index contributed by atoms with van der Waals surface area (Å²) >= 11 is 0. The maximum absolute atomic E-state index is 13.9. The smallest absolute Gasteiger partial charge is 0.338 e. The van der Waals surface area contributed by atoms with E-state index >= 15 is 0 Å². The number of fused-ring (bicyclic) bond motifs is 1. The first-order valence-corrected chi connectivity index (χ1v) is 13.4. The van der Waals surface area contributed by atoms with Crippen LogP contribution in [0.15, 0.2) is 69.0 Å². The van der Waals surface area contributed by atoms with Crippen molar-refractivity contribution in [2.45, 2.75) is 43.7 Å². The second kappa shape index (κ2) is 9.67. The highest BCUT2D eigenvalue weighted by Gasteiger charge is 2.43. The molecule has 37 heavy (non-hydrogen) atoms. The summed E-state index contributed by atoms with van der Waals surface area (Å²) in [6.45, 7) is 3.90. The highest BCUT2D eigenvalue weighted by atomic mass is 32.2. The summed E-state index contributed by atoms with van der Waals surface area (Å²) in [5, 5.41) is 3.96. The van der Waals surface area contributed by atoms with Crippen LogP contribution >= 0.6 is 0 Å². The number of amidine groups is 1. The highest BCUT2D eigenvalue weighted by molar-refractivity contribution is 7.89. The Labute approximate surface area is 214 Å². The molecule has 1 N–H and O–H groups in total. The Kier molecular flexibility index (Phi) is 6.54. The van der Waals surface area contributed by atoms with Crippen LogP contribution < -0.4 is 4.72 Å². The minimum atomic E-state index is -3.85. The molecule has 5 rings (SSSR count). The Bertz CT molecular complexity index is 1490. The van der Waals surface area contributed by atoms with Gasteiger partial charge in [-0.05, 0) is 37.1 Å². The molecule has 194 valence electrons. The van der Waals surface area contributed by atoms with Crippen molar-refractivity contribution in [1.29, 1.82) is 0 Å². The molecule has 10 nitrogen and oxygen atoms in total. The third-order valence-electron chi connectivity index (χ3n) is 6.50. The van der Waals surface area contributed by atoms with E-state index in [1.165, 1.54) is 29.2 Å². The van der Waals surface area contributed by atoms with Crippen LogP contribution in [0.5, 0.6) is 0 Å². The SMILES string of the molecule is CCOC(=O)C1=C2C[C@H](NS(=O)(=O)c3cnn(C)c3)CN2C(C2=NC=CC2)=N[C@H]1c1ccc(F)cc1C. The van der Waals surface area contributed by atoms with Gasteiger partial charge in [0.1, 0.15) is 16.8 Å². The summed E-state index contributed by atoms with van der Waals surface area (Å²) in [6.07, 6.45) is 7.10. The van der Waals surface area contributed by atoms with Crippen LogP contribution in [0, 0.1) is 12.7 Å².